The third-order valence-corrected chi connectivity index (χ3v) is 4.21. The molecule has 2 aliphatic heterocycles. The zero-order valence-electron chi connectivity index (χ0n) is 12.3. The Bertz CT molecular complexity index is 584. The van der Waals surface area contributed by atoms with Crippen LogP contribution in [0.3, 0.4) is 0 Å². The van der Waals surface area contributed by atoms with Crippen LogP contribution in [-0.4, -0.2) is 81.9 Å². The predicted octanol–water partition coefficient (Wildman–Crippen LogP) is -1.85. The van der Waals surface area contributed by atoms with Crippen LogP contribution in [-0.2, 0) is 16.1 Å². The molecule has 2 saturated heterocycles. The summed E-state index contributed by atoms with van der Waals surface area (Å²) in [6.07, 6.45) is 2.38. The maximum absolute atomic E-state index is 12.3. The van der Waals surface area contributed by atoms with Gasteiger partial charge in [0.1, 0.15) is 6.54 Å². The number of aliphatic hydroxyl groups excluding tert-OH is 1. The first kappa shape index (κ1) is 15.1. The Kier molecular flexibility index (Phi) is 4.51. The number of likely N-dealkylation sites (tertiary alicyclic amines) is 1. The van der Waals surface area contributed by atoms with Crippen molar-refractivity contribution in [2.75, 3.05) is 39.4 Å². The molecule has 120 valence electrons. The number of amides is 1. The van der Waals surface area contributed by atoms with Crippen LogP contribution >= 0.6 is 0 Å². The van der Waals surface area contributed by atoms with Gasteiger partial charge in [-0.25, -0.2) is 9.78 Å². The highest BCUT2D eigenvalue weighted by Gasteiger charge is 2.38. The molecule has 2 fully saturated rings. The molecule has 0 spiro atoms. The molecule has 0 aliphatic carbocycles. The molecule has 3 heterocycles. The largest absolute Gasteiger partial charge is 0.390 e. The van der Waals surface area contributed by atoms with Crippen molar-refractivity contribution in [3.63, 3.8) is 0 Å². The maximum Gasteiger partial charge on any atom is 0.347 e. The third kappa shape index (κ3) is 3.18. The van der Waals surface area contributed by atoms with Crippen molar-refractivity contribution in [2.45, 2.75) is 18.7 Å². The van der Waals surface area contributed by atoms with Crippen molar-refractivity contribution >= 4 is 5.91 Å². The van der Waals surface area contributed by atoms with Gasteiger partial charge in [0.15, 0.2) is 0 Å². The topological polar surface area (TPSA) is 87.9 Å². The lowest BCUT2D eigenvalue weighted by atomic mass is 10.2. The van der Waals surface area contributed by atoms with Gasteiger partial charge in [0.25, 0.3) is 0 Å². The van der Waals surface area contributed by atoms with E-state index < -0.39 is 11.8 Å². The minimum Gasteiger partial charge on any atom is -0.390 e. The van der Waals surface area contributed by atoms with E-state index in [0.29, 0.717) is 26.3 Å². The fourth-order valence-corrected chi connectivity index (χ4v) is 2.99. The molecule has 0 saturated carbocycles. The van der Waals surface area contributed by atoms with E-state index in [4.69, 9.17) is 4.74 Å². The summed E-state index contributed by atoms with van der Waals surface area (Å²) < 4.78 is 6.59. The van der Waals surface area contributed by atoms with Gasteiger partial charge in [0.05, 0.1) is 25.4 Å². The van der Waals surface area contributed by atoms with Crippen LogP contribution in [0.1, 0.15) is 0 Å². The molecular formula is C14H20N4O4. The first-order valence-corrected chi connectivity index (χ1v) is 7.44. The average molecular weight is 308 g/mol. The third-order valence-electron chi connectivity index (χ3n) is 4.21. The van der Waals surface area contributed by atoms with Crippen LogP contribution < -0.4 is 5.69 Å². The van der Waals surface area contributed by atoms with Crippen molar-refractivity contribution in [1.29, 1.82) is 0 Å². The summed E-state index contributed by atoms with van der Waals surface area (Å²) in [5.74, 6) is -0.176. The molecule has 1 aromatic heterocycles. The number of morpholine rings is 1. The first-order valence-electron chi connectivity index (χ1n) is 7.44. The number of hydrogen-bond donors (Lipinski definition) is 1. The van der Waals surface area contributed by atoms with E-state index >= 15 is 0 Å². The van der Waals surface area contributed by atoms with Gasteiger partial charge in [-0.15, -0.1) is 0 Å². The molecule has 0 unspecified atom stereocenters. The number of ether oxygens (including phenoxy) is 1. The van der Waals surface area contributed by atoms with Gasteiger partial charge in [-0.05, 0) is 6.07 Å². The fraction of sp³-hybridized carbons (Fsp3) is 0.643. The molecule has 0 radical (unpaired) electrons. The van der Waals surface area contributed by atoms with Crippen molar-refractivity contribution in [2.24, 2.45) is 0 Å². The van der Waals surface area contributed by atoms with Gasteiger partial charge in [-0.1, -0.05) is 0 Å². The number of β-amino-alcohol motifs (C(OH)–C–C–N with tert-alkyl or cyclic N) is 1. The van der Waals surface area contributed by atoms with E-state index in [-0.39, 0.29) is 18.5 Å². The molecule has 0 bridgehead atoms. The predicted molar refractivity (Wildman–Crippen MR) is 77.3 cm³/mol. The number of carbonyl (C=O) groups is 1. The number of hydrogen-bond acceptors (Lipinski definition) is 6. The van der Waals surface area contributed by atoms with E-state index in [1.807, 2.05) is 0 Å². The Labute approximate surface area is 127 Å². The van der Waals surface area contributed by atoms with E-state index in [0.717, 1.165) is 13.1 Å². The second kappa shape index (κ2) is 6.55. The molecule has 0 aromatic carbocycles. The number of aromatic nitrogens is 2. The van der Waals surface area contributed by atoms with Crippen LogP contribution in [0.15, 0.2) is 23.3 Å². The van der Waals surface area contributed by atoms with Gasteiger partial charge >= 0.3 is 5.69 Å². The summed E-state index contributed by atoms with van der Waals surface area (Å²) in [6.45, 7) is 3.59. The lowest BCUT2D eigenvalue weighted by Crippen LogP contribution is -2.49. The van der Waals surface area contributed by atoms with E-state index in [1.54, 1.807) is 17.2 Å². The highest BCUT2D eigenvalue weighted by molar-refractivity contribution is 5.76. The van der Waals surface area contributed by atoms with Crippen LogP contribution in [0.5, 0.6) is 0 Å². The summed E-state index contributed by atoms with van der Waals surface area (Å²) >= 11 is 0. The Morgan fingerprint density at radius 2 is 2.14 bits per heavy atom. The highest BCUT2D eigenvalue weighted by Crippen LogP contribution is 2.18. The van der Waals surface area contributed by atoms with E-state index in [9.17, 15) is 14.7 Å². The van der Waals surface area contributed by atoms with E-state index in [2.05, 4.69) is 9.88 Å². The van der Waals surface area contributed by atoms with Crippen LogP contribution in [0, 0.1) is 0 Å². The molecule has 2 atom stereocenters. The molecule has 22 heavy (non-hydrogen) atoms. The highest BCUT2D eigenvalue weighted by atomic mass is 16.5. The van der Waals surface area contributed by atoms with Gasteiger partial charge < -0.3 is 14.7 Å². The Morgan fingerprint density at radius 3 is 2.86 bits per heavy atom. The van der Waals surface area contributed by atoms with Gasteiger partial charge in [0.2, 0.25) is 5.91 Å². The van der Waals surface area contributed by atoms with Gasteiger partial charge in [-0.3, -0.25) is 14.3 Å². The summed E-state index contributed by atoms with van der Waals surface area (Å²) in [4.78, 5) is 31.3. The van der Waals surface area contributed by atoms with Gasteiger partial charge in [0, 0.05) is 38.6 Å². The lowest BCUT2D eigenvalue weighted by molar-refractivity contribution is -0.131. The fourth-order valence-electron chi connectivity index (χ4n) is 2.99. The van der Waals surface area contributed by atoms with Crippen LogP contribution in [0.4, 0.5) is 0 Å². The van der Waals surface area contributed by atoms with Crippen molar-refractivity contribution in [3.8, 4) is 0 Å². The molecule has 2 aliphatic rings. The van der Waals surface area contributed by atoms with Crippen LogP contribution in [0.2, 0.25) is 0 Å². The second-order valence-electron chi connectivity index (χ2n) is 5.61. The quantitative estimate of drug-likeness (QED) is 0.705. The molecule has 8 heteroatoms. The van der Waals surface area contributed by atoms with Crippen molar-refractivity contribution < 1.29 is 14.6 Å². The maximum atomic E-state index is 12.3. The Balaban J connectivity index is 1.62. The van der Waals surface area contributed by atoms with Crippen molar-refractivity contribution in [1.82, 2.24) is 19.4 Å². The van der Waals surface area contributed by atoms with Gasteiger partial charge in [-0.2, -0.15) is 0 Å². The van der Waals surface area contributed by atoms with Crippen LogP contribution in [0.25, 0.3) is 0 Å². The molecule has 1 N–H and O–H groups in total. The standard InChI is InChI=1S/C14H20N4O4/c19-12-9-18(8-11(12)16-4-6-22-7-5-16)13(20)10-17-3-1-2-15-14(17)21/h1-3,11-12,19H,4-10H2/t11-,12-/m1/s1. The Morgan fingerprint density at radius 1 is 1.36 bits per heavy atom. The SMILES string of the molecule is O=C(Cn1cccnc1=O)N1C[C@@H](O)[C@H](N2CCOCC2)C1. The molecule has 1 aromatic rings. The molecule has 1 amide bonds. The summed E-state index contributed by atoms with van der Waals surface area (Å²) in [5, 5.41) is 10.2. The normalized spacial score (nSPS) is 26.3. The molecule has 3 rings (SSSR count). The lowest BCUT2D eigenvalue weighted by Gasteiger charge is -2.33. The second-order valence-corrected chi connectivity index (χ2v) is 5.61. The minimum atomic E-state index is -0.562. The average Bonchev–Trinajstić information content (AvgIpc) is 2.92. The number of rotatable bonds is 3. The first-order chi connectivity index (χ1) is 10.6. The Hall–Kier alpha value is -1.77. The zero-order chi connectivity index (χ0) is 15.5. The summed E-state index contributed by atoms with van der Waals surface area (Å²) in [7, 11) is 0. The summed E-state index contributed by atoms with van der Waals surface area (Å²) in [5.41, 5.74) is -0.444. The summed E-state index contributed by atoms with van der Waals surface area (Å²) in [6, 6.07) is 1.56. The monoisotopic (exact) mass is 308 g/mol. The molecular weight excluding hydrogens is 288 g/mol. The zero-order valence-corrected chi connectivity index (χ0v) is 12.3. The number of aliphatic hydroxyl groups is 1. The number of carbonyl (C=O) groups excluding carboxylic acids is 1. The number of nitrogens with zero attached hydrogens (tertiary/aromatic N) is 4. The smallest absolute Gasteiger partial charge is 0.347 e. The van der Waals surface area contributed by atoms with Crippen molar-refractivity contribution in [3.05, 3.63) is 28.9 Å². The molecule has 8 nitrogen and oxygen atoms in total. The minimum absolute atomic E-state index is 0.0464. The van der Waals surface area contributed by atoms with E-state index in [1.165, 1.54) is 10.8 Å².